The van der Waals surface area contributed by atoms with Crippen molar-refractivity contribution in [3.8, 4) is 0 Å². The molecule has 30 heavy (non-hydrogen) atoms. The Bertz CT molecular complexity index is 919. The lowest BCUT2D eigenvalue weighted by Crippen LogP contribution is -2.54. The van der Waals surface area contributed by atoms with E-state index in [1.807, 2.05) is 6.07 Å². The van der Waals surface area contributed by atoms with Gasteiger partial charge in [0.15, 0.2) is 5.96 Å². The Labute approximate surface area is 179 Å². The highest BCUT2D eigenvalue weighted by Gasteiger charge is 2.29. The van der Waals surface area contributed by atoms with Crippen LogP contribution in [0.4, 0.5) is 0 Å². The Hall–Kier alpha value is -2.39. The SMILES string of the molecule is CN=C(NCC(C)(C)Cc1ccccc1)N1CCN(S(=O)(=O)Cc2ccon2)CC1. The molecule has 0 radical (unpaired) electrons. The van der Waals surface area contributed by atoms with Gasteiger partial charge in [0.1, 0.15) is 12.0 Å². The molecule has 1 aliphatic rings. The van der Waals surface area contributed by atoms with Gasteiger partial charge in [-0.05, 0) is 17.4 Å². The molecule has 1 N–H and O–H groups in total. The lowest BCUT2D eigenvalue weighted by molar-refractivity contribution is 0.255. The molecule has 0 saturated carbocycles. The molecule has 0 bridgehead atoms. The minimum atomic E-state index is -3.41. The van der Waals surface area contributed by atoms with Gasteiger partial charge in [-0.3, -0.25) is 4.99 Å². The molecule has 0 unspecified atom stereocenters. The first kappa shape index (κ1) is 22.3. The summed E-state index contributed by atoms with van der Waals surface area (Å²) in [7, 11) is -1.64. The predicted octanol–water partition coefficient (Wildman–Crippen LogP) is 1.97. The highest BCUT2D eigenvalue weighted by atomic mass is 32.2. The fraction of sp³-hybridized carbons (Fsp3) is 0.524. The van der Waals surface area contributed by atoms with Crippen LogP contribution in [0.1, 0.15) is 25.1 Å². The third-order valence-corrected chi connectivity index (χ3v) is 7.03. The van der Waals surface area contributed by atoms with Crippen molar-refractivity contribution in [2.75, 3.05) is 39.8 Å². The smallest absolute Gasteiger partial charge is 0.220 e. The molecule has 2 aromatic rings. The van der Waals surface area contributed by atoms with Crippen LogP contribution in [0.5, 0.6) is 0 Å². The second-order valence-electron chi connectivity index (χ2n) is 8.36. The van der Waals surface area contributed by atoms with Crippen LogP contribution in [0.3, 0.4) is 0 Å². The van der Waals surface area contributed by atoms with Gasteiger partial charge in [0.25, 0.3) is 0 Å². The van der Waals surface area contributed by atoms with Gasteiger partial charge in [-0.15, -0.1) is 0 Å². The van der Waals surface area contributed by atoms with Gasteiger partial charge in [-0.1, -0.05) is 49.3 Å². The lowest BCUT2D eigenvalue weighted by atomic mass is 9.86. The number of nitrogens with zero attached hydrogens (tertiary/aromatic N) is 4. The largest absolute Gasteiger partial charge is 0.364 e. The summed E-state index contributed by atoms with van der Waals surface area (Å²) in [4.78, 5) is 6.52. The summed E-state index contributed by atoms with van der Waals surface area (Å²) >= 11 is 0. The van der Waals surface area contributed by atoms with Crippen molar-refractivity contribution in [1.82, 2.24) is 19.7 Å². The first-order valence-electron chi connectivity index (χ1n) is 10.2. The maximum atomic E-state index is 12.6. The van der Waals surface area contributed by atoms with E-state index in [2.05, 4.69) is 58.5 Å². The molecule has 164 valence electrons. The first-order valence-corrected chi connectivity index (χ1v) is 11.8. The zero-order valence-electron chi connectivity index (χ0n) is 17.9. The van der Waals surface area contributed by atoms with E-state index in [1.54, 1.807) is 13.1 Å². The number of sulfonamides is 1. The normalized spacial score (nSPS) is 16.6. The first-order chi connectivity index (χ1) is 14.3. The maximum Gasteiger partial charge on any atom is 0.220 e. The summed E-state index contributed by atoms with van der Waals surface area (Å²) in [6.07, 6.45) is 2.35. The van der Waals surface area contributed by atoms with E-state index in [9.17, 15) is 8.42 Å². The third-order valence-electron chi connectivity index (χ3n) is 5.22. The summed E-state index contributed by atoms with van der Waals surface area (Å²) in [6, 6.07) is 12.0. The Morgan fingerprint density at radius 1 is 1.17 bits per heavy atom. The number of nitrogens with one attached hydrogen (secondary N) is 1. The maximum absolute atomic E-state index is 12.6. The summed E-state index contributed by atoms with van der Waals surface area (Å²) in [5, 5.41) is 7.18. The molecule has 8 nitrogen and oxygen atoms in total. The number of guanidine groups is 1. The summed E-state index contributed by atoms with van der Waals surface area (Å²) in [5.41, 5.74) is 1.79. The average molecular weight is 434 g/mol. The molecule has 1 aromatic heterocycles. The predicted molar refractivity (Wildman–Crippen MR) is 118 cm³/mol. The van der Waals surface area contributed by atoms with Crippen LogP contribution in [0.2, 0.25) is 0 Å². The van der Waals surface area contributed by atoms with Crippen LogP contribution in [0, 0.1) is 5.41 Å². The second-order valence-corrected chi connectivity index (χ2v) is 10.3. The highest BCUT2D eigenvalue weighted by molar-refractivity contribution is 7.88. The van der Waals surface area contributed by atoms with Gasteiger partial charge in [0, 0.05) is 45.8 Å². The standard InChI is InChI=1S/C21H31N5O3S/c1-21(2,15-18-7-5-4-6-8-18)17-23-20(22-3)25-10-12-26(13-11-25)30(27,28)16-19-9-14-29-24-19/h4-9,14H,10-13,15-17H2,1-3H3,(H,22,23). The van der Waals surface area contributed by atoms with Gasteiger partial charge < -0.3 is 14.7 Å². The zero-order valence-corrected chi connectivity index (χ0v) is 18.7. The zero-order chi connectivity index (χ0) is 21.6. The van der Waals surface area contributed by atoms with E-state index in [-0.39, 0.29) is 11.2 Å². The van der Waals surface area contributed by atoms with Crippen LogP contribution in [0.15, 0.2) is 52.2 Å². The Morgan fingerprint density at radius 2 is 1.87 bits per heavy atom. The van der Waals surface area contributed by atoms with Crippen LogP contribution < -0.4 is 5.32 Å². The number of hydrogen-bond acceptors (Lipinski definition) is 5. The highest BCUT2D eigenvalue weighted by Crippen LogP contribution is 2.21. The van der Waals surface area contributed by atoms with Gasteiger partial charge in [0.2, 0.25) is 10.0 Å². The number of piperazine rings is 1. The van der Waals surface area contributed by atoms with Gasteiger partial charge >= 0.3 is 0 Å². The van der Waals surface area contributed by atoms with Crippen molar-refractivity contribution >= 4 is 16.0 Å². The van der Waals surface area contributed by atoms with Crippen molar-refractivity contribution in [2.24, 2.45) is 10.4 Å². The van der Waals surface area contributed by atoms with Crippen LogP contribution in [-0.4, -0.2) is 68.5 Å². The molecule has 1 aromatic carbocycles. The lowest BCUT2D eigenvalue weighted by Gasteiger charge is -2.37. The van der Waals surface area contributed by atoms with Crippen molar-refractivity contribution in [3.05, 3.63) is 53.9 Å². The fourth-order valence-electron chi connectivity index (χ4n) is 3.63. The summed E-state index contributed by atoms with van der Waals surface area (Å²) in [6.45, 7) is 7.28. The minimum absolute atomic E-state index is 0.0556. The Kier molecular flexibility index (Phi) is 7.14. The Balaban J connectivity index is 1.51. The third kappa shape index (κ3) is 6.06. The quantitative estimate of drug-likeness (QED) is 0.530. The van der Waals surface area contributed by atoms with E-state index in [0.717, 1.165) is 18.9 Å². The summed E-state index contributed by atoms with van der Waals surface area (Å²) < 4.78 is 31.5. The molecule has 2 heterocycles. The number of benzene rings is 1. The van der Waals surface area contributed by atoms with Crippen molar-refractivity contribution in [1.29, 1.82) is 0 Å². The van der Waals surface area contributed by atoms with E-state index in [0.29, 0.717) is 31.9 Å². The van der Waals surface area contributed by atoms with E-state index >= 15 is 0 Å². The van der Waals surface area contributed by atoms with Crippen molar-refractivity contribution in [3.63, 3.8) is 0 Å². The number of aromatic nitrogens is 1. The molecule has 3 rings (SSSR count). The minimum Gasteiger partial charge on any atom is -0.364 e. The van der Waals surface area contributed by atoms with E-state index in [4.69, 9.17) is 4.52 Å². The molecular formula is C21H31N5O3S. The monoisotopic (exact) mass is 433 g/mol. The molecular weight excluding hydrogens is 402 g/mol. The van der Waals surface area contributed by atoms with Crippen LogP contribution >= 0.6 is 0 Å². The molecule has 1 fully saturated rings. The average Bonchev–Trinajstić information content (AvgIpc) is 3.21. The second kappa shape index (κ2) is 9.61. The molecule has 0 atom stereocenters. The fourth-order valence-corrected chi connectivity index (χ4v) is 5.05. The van der Waals surface area contributed by atoms with E-state index < -0.39 is 10.0 Å². The van der Waals surface area contributed by atoms with E-state index in [1.165, 1.54) is 16.1 Å². The summed E-state index contributed by atoms with van der Waals surface area (Å²) in [5.74, 6) is 0.675. The number of rotatable bonds is 7. The molecule has 0 amide bonds. The van der Waals surface area contributed by atoms with Crippen molar-refractivity contribution < 1.29 is 12.9 Å². The van der Waals surface area contributed by atoms with Crippen molar-refractivity contribution in [2.45, 2.75) is 26.0 Å². The molecule has 0 aliphatic carbocycles. The Morgan fingerprint density at radius 3 is 2.47 bits per heavy atom. The van der Waals surface area contributed by atoms with Gasteiger partial charge in [-0.2, -0.15) is 4.31 Å². The topological polar surface area (TPSA) is 91.0 Å². The molecule has 1 aliphatic heterocycles. The number of aliphatic imine (C=N–C) groups is 1. The molecule has 0 spiro atoms. The van der Waals surface area contributed by atoms with Crippen LogP contribution in [0.25, 0.3) is 0 Å². The van der Waals surface area contributed by atoms with Gasteiger partial charge in [0.05, 0.1) is 5.69 Å². The van der Waals surface area contributed by atoms with Gasteiger partial charge in [-0.25, -0.2) is 8.42 Å². The van der Waals surface area contributed by atoms with Crippen LogP contribution in [-0.2, 0) is 22.2 Å². The molecule has 9 heteroatoms. The number of hydrogen-bond donors (Lipinski definition) is 1. The molecule has 1 saturated heterocycles.